The van der Waals surface area contributed by atoms with Crippen molar-refractivity contribution < 1.29 is 4.63 Å². The zero-order chi connectivity index (χ0) is 12.3. The fourth-order valence-electron chi connectivity index (χ4n) is 1.00. The summed E-state index contributed by atoms with van der Waals surface area (Å²) in [4.78, 5) is 21.4. The lowest BCUT2D eigenvalue weighted by molar-refractivity contribution is 0.314. The van der Waals surface area contributed by atoms with E-state index in [1.54, 1.807) is 0 Å². The minimum absolute atomic E-state index is 0.0682. The van der Waals surface area contributed by atoms with Crippen molar-refractivity contribution in [3.8, 4) is 0 Å². The summed E-state index contributed by atoms with van der Waals surface area (Å²) in [6.07, 6.45) is 0. The predicted molar refractivity (Wildman–Crippen MR) is 55.4 cm³/mol. The van der Waals surface area contributed by atoms with Gasteiger partial charge in [-0.25, -0.2) is 10.5 Å². The Morgan fingerprint density at radius 2 is 2.35 bits per heavy atom. The van der Waals surface area contributed by atoms with Crippen LogP contribution in [0.3, 0.4) is 0 Å². The standard InChI is InChI=1S/C6H7N9O2/c1-8-13-6(12-7)11-4-5(16)10-3-2(9-4)14-17-15-3/h7H2,1H3,(H,10,15,16)(H,9,11,12,14). The normalized spacial score (nSPS) is 12.5. The molecular formula is C6H7N9O2. The SMILES string of the molecule is CN=NC(=Nc1nc2nonc2[nH]c1=O)NN. The molecule has 0 atom stereocenters. The van der Waals surface area contributed by atoms with E-state index in [9.17, 15) is 4.79 Å². The molecule has 0 amide bonds. The summed E-state index contributed by atoms with van der Waals surface area (Å²) in [5.74, 6) is 4.87. The molecule has 0 saturated heterocycles. The van der Waals surface area contributed by atoms with E-state index in [1.807, 2.05) is 0 Å². The van der Waals surface area contributed by atoms with Gasteiger partial charge >= 0.3 is 0 Å². The molecule has 0 aromatic carbocycles. The average Bonchev–Trinajstić information content (AvgIpc) is 2.75. The maximum atomic E-state index is 11.5. The van der Waals surface area contributed by atoms with Crippen LogP contribution in [0.2, 0.25) is 0 Å². The van der Waals surface area contributed by atoms with Gasteiger partial charge in [0.05, 0.1) is 0 Å². The zero-order valence-corrected chi connectivity index (χ0v) is 8.58. The predicted octanol–water partition coefficient (Wildman–Crippen LogP) is -1.16. The Morgan fingerprint density at radius 1 is 1.53 bits per heavy atom. The van der Waals surface area contributed by atoms with Crippen molar-refractivity contribution in [3.05, 3.63) is 10.4 Å². The van der Waals surface area contributed by atoms with Gasteiger partial charge in [-0.1, -0.05) is 0 Å². The monoisotopic (exact) mass is 237 g/mol. The van der Waals surface area contributed by atoms with Gasteiger partial charge < -0.3 is 0 Å². The number of nitrogens with one attached hydrogen (secondary N) is 2. The molecule has 0 aliphatic rings. The number of azo groups is 1. The van der Waals surface area contributed by atoms with Crippen LogP contribution in [0.15, 0.2) is 24.6 Å². The van der Waals surface area contributed by atoms with Crippen molar-refractivity contribution in [3.63, 3.8) is 0 Å². The lowest BCUT2D eigenvalue weighted by atomic mass is 10.6. The van der Waals surface area contributed by atoms with Crippen LogP contribution in [-0.2, 0) is 0 Å². The number of rotatable bonds is 1. The van der Waals surface area contributed by atoms with E-state index in [2.05, 4.69) is 45.6 Å². The van der Waals surface area contributed by atoms with E-state index in [0.717, 1.165) is 0 Å². The number of aliphatic imine (C=N–C) groups is 1. The first-order valence-corrected chi connectivity index (χ1v) is 4.32. The Morgan fingerprint density at radius 3 is 3.06 bits per heavy atom. The first-order chi connectivity index (χ1) is 8.24. The van der Waals surface area contributed by atoms with Gasteiger partial charge in [-0.05, 0) is 10.3 Å². The Hall–Kier alpha value is -2.69. The van der Waals surface area contributed by atoms with Gasteiger partial charge in [0.1, 0.15) is 0 Å². The minimum Gasteiger partial charge on any atom is -0.298 e. The van der Waals surface area contributed by atoms with Crippen LogP contribution in [0.1, 0.15) is 0 Å². The summed E-state index contributed by atoms with van der Waals surface area (Å²) in [6.45, 7) is 0. The maximum Gasteiger partial charge on any atom is 0.295 e. The molecule has 0 bridgehead atoms. The van der Waals surface area contributed by atoms with Gasteiger partial charge in [0, 0.05) is 7.05 Å². The summed E-state index contributed by atoms with van der Waals surface area (Å²) in [7, 11) is 1.43. The van der Waals surface area contributed by atoms with E-state index < -0.39 is 5.56 Å². The smallest absolute Gasteiger partial charge is 0.295 e. The first-order valence-electron chi connectivity index (χ1n) is 4.32. The molecule has 0 fully saturated rings. The molecule has 0 spiro atoms. The van der Waals surface area contributed by atoms with E-state index in [-0.39, 0.29) is 23.1 Å². The van der Waals surface area contributed by atoms with E-state index in [1.165, 1.54) is 7.05 Å². The van der Waals surface area contributed by atoms with Crippen LogP contribution in [0.5, 0.6) is 0 Å². The number of aromatic amines is 1. The maximum absolute atomic E-state index is 11.5. The number of H-pyrrole nitrogens is 1. The number of hydrazine groups is 1. The van der Waals surface area contributed by atoms with Gasteiger partial charge in [0.25, 0.3) is 11.5 Å². The van der Waals surface area contributed by atoms with E-state index in [4.69, 9.17) is 5.84 Å². The third-order valence-corrected chi connectivity index (χ3v) is 1.65. The molecule has 2 heterocycles. The molecular weight excluding hydrogens is 230 g/mol. The molecule has 4 N–H and O–H groups in total. The second-order valence-corrected chi connectivity index (χ2v) is 2.71. The number of hydrogen-bond acceptors (Lipinski definition) is 8. The lowest BCUT2D eigenvalue weighted by Crippen LogP contribution is -2.28. The largest absolute Gasteiger partial charge is 0.298 e. The number of aromatic nitrogens is 4. The van der Waals surface area contributed by atoms with Gasteiger partial charge in [0.15, 0.2) is 0 Å². The van der Waals surface area contributed by atoms with Gasteiger partial charge in [-0.2, -0.15) is 15.1 Å². The van der Waals surface area contributed by atoms with Gasteiger partial charge in [0.2, 0.25) is 17.1 Å². The van der Waals surface area contributed by atoms with Crippen molar-refractivity contribution in [2.45, 2.75) is 0 Å². The quantitative estimate of drug-likeness (QED) is 0.185. The topological polar surface area (TPSA) is 160 Å². The molecule has 2 aromatic rings. The highest BCUT2D eigenvalue weighted by molar-refractivity contribution is 5.82. The van der Waals surface area contributed by atoms with Crippen LogP contribution in [0.25, 0.3) is 11.3 Å². The minimum atomic E-state index is -0.577. The van der Waals surface area contributed by atoms with Crippen molar-refractivity contribution >= 4 is 23.1 Å². The average molecular weight is 237 g/mol. The Kier molecular flexibility index (Phi) is 2.83. The number of fused-ring (bicyclic) bond motifs is 1. The second-order valence-electron chi connectivity index (χ2n) is 2.71. The van der Waals surface area contributed by atoms with Crippen molar-refractivity contribution in [1.29, 1.82) is 0 Å². The van der Waals surface area contributed by atoms with Crippen molar-refractivity contribution in [2.75, 3.05) is 7.05 Å². The van der Waals surface area contributed by atoms with Crippen molar-refractivity contribution in [2.24, 2.45) is 21.1 Å². The molecule has 0 radical (unpaired) electrons. The highest BCUT2D eigenvalue weighted by atomic mass is 16.6. The van der Waals surface area contributed by atoms with E-state index >= 15 is 0 Å². The van der Waals surface area contributed by atoms with Crippen molar-refractivity contribution in [1.82, 2.24) is 25.7 Å². The molecule has 17 heavy (non-hydrogen) atoms. The Balaban J connectivity index is 2.54. The highest BCUT2D eigenvalue weighted by Crippen LogP contribution is 2.05. The summed E-state index contributed by atoms with van der Waals surface area (Å²) in [6, 6.07) is 0. The number of hydrogen-bond donors (Lipinski definition) is 3. The third-order valence-electron chi connectivity index (χ3n) is 1.65. The van der Waals surface area contributed by atoms with Crippen LogP contribution >= 0.6 is 0 Å². The summed E-state index contributed by atoms with van der Waals surface area (Å²) >= 11 is 0. The molecule has 0 aliphatic heterocycles. The van der Waals surface area contributed by atoms with E-state index in [0.29, 0.717) is 0 Å². The highest BCUT2D eigenvalue weighted by Gasteiger charge is 2.08. The molecule has 11 heteroatoms. The molecule has 88 valence electrons. The summed E-state index contributed by atoms with van der Waals surface area (Å²) in [5, 5.41) is 13.9. The van der Waals surface area contributed by atoms with Gasteiger partial charge in [-0.15, -0.1) is 5.11 Å². The summed E-state index contributed by atoms with van der Waals surface area (Å²) in [5.41, 5.74) is 1.83. The number of nitrogens with two attached hydrogens (primary N) is 1. The van der Waals surface area contributed by atoms with Crippen LogP contribution < -0.4 is 16.8 Å². The lowest BCUT2D eigenvalue weighted by Gasteiger charge is -1.95. The van der Waals surface area contributed by atoms with Gasteiger partial charge in [-0.3, -0.25) is 15.2 Å². The fourth-order valence-corrected chi connectivity index (χ4v) is 1.00. The van der Waals surface area contributed by atoms with Crippen LogP contribution in [0.4, 0.5) is 5.82 Å². The molecule has 11 nitrogen and oxygen atoms in total. The Bertz CT molecular complexity index is 638. The first kappa shape index (κ1) is 10.8. The number of nitrogens with zero attached hydrogens (tertiary/aromatic N) is 6. The third kappa shape index (κ3) is 2.12. The summed E-state index contributed by atoms with van der Waals surface area (Å²) < 4.78 is 4.39. The molecule has 0 saturated carbocycles. The molecule has 2 rings (SSSR count). The molecule has 2 aromatic heterocycles. The fraction of sp³-hybridized carbons (Fsp3) is 0.167. The Labute approximate surface area is 92.8 Å². The second kappa shape index (κ2) is 4.44. The molecule has 0 unspecified atom stereocenters. The zero-order valence-electron chi connectivity index (χ0n) is 8.58. The van der Waals surface area contributed by atoms with Crippen LogP contribution in [0, 0.1) is 0 Å². The molecule has 0 aliphatic carbocycles. The van der Waals surface area contributed by atoms with Crippen LogP contribution in [-0.4, -0.2) is 33.3 Å². The number of guanidine groups is 1.